The van der Waals surface area contributed by atoms with Gasteiger partial charge in [-0.05, 0) is 18.2 Å². The van der Waals surface area contributed by atoms with Gasteiger partial charge < -0.3 is 10.6 Å². The lowest BCUT2D eigenvalue weighted by atomic mass is 10.2. The summed E-state index contributed by atoms with van der Waals surface area (Å²) < 4.78 is 0. The van der Waals surface area contributed by atoms with Crippen molar-refractivity contribution in [2.45, 2.75) is 13.0 Å². The minimum atomic E-state index is -0.107. The second-order valence-electron chi connectivity index (χ2n) is 4.42. The zero-order valence-corrected chi connectivity index (χ0v) is 12.7. The van der Waals surface area contributed by atoms with Gasteiger partial charge in [-0.25, -0.2) is 4.98 Å². The molecular weight excluding hydrogens is 294 g/mol. The molecule has 0 atom stereocenters. The average molecular weight is 310 g/mol. The Morgan fingerprint density at radius 3 is 2.90 bits per heavy atom. The Morgan fingerprint density at radius 1 is 1.45 bits per heavy atom. The van der Waals surface area contributed by atoms with E-state index in [9.17, 15) is 4.79 Å². The summed E-state index contributed by atoms with van der Waals surface area (Å²) in [5.74, 6) is -0.107. The fourth-order valence-electron chi connectivity index (χ4n) is 1.80. The van der Waals surface area contributed by atoms with Gasteiger partial charge in [0.2, 0.25) is 0 Å². The third-order valence-corrected chi connectivity index (χ3v) is 4.12. The molecule has 1 aromatic heterocycles. The van der Waals surface area contributed by atoms with Crippen LogP contribution in [0.4, 0.5) is 0 Å². The molecule has 6 heteroatoms. The van der Waals surface area contributed by atoms with Crippen molar-refractivity contribution in [3.63, 3.8) is 0 Å². The van der Waals surface area contributed by atoms with E-state index < -0.39 is 0 Å². The fourth-order valence-corrected chi connectivity index (χ4v) is 2.78. The summed E-state index contributed by atoms with van der Waals surface area (Å²) >= 11 is 7.56. The Hall–Kier alpha value is -1.43. The number of halogens is 1. The summed E-state index contributed by atoms with van der Waals surface area (Å²) in [5.41, 5.74) is 6.87. The molecule has 1 heterocycles. The maximum Gasteiger partial charge on any atom is 0.273 e. The lowest BCUT2D eigenvalue weighted by Gasteiger charge is -2.16. The van der Waals surface area contributed by atoms with E-state index in [4.69, 9.17) is 17.3 Å². The van der Waals surface area contributed by atoms with Crippen molar-refractivity contribution in [2.24, 2.45) is 5.73 Å². The predicted octanol–water partition coefficient (Wildman–Crippen LogP) is 2.57. The van der Waals surface area contributed by atoms with E-state index in [0.717, 1.165) is 10.6 Å². The molecule has 0 spiro atoms. The molecule has 2 N–H and O–H groups in total. The minimum Gasteiger partial charge on any atom is -0.336 e. The Morgan fingerprint density at radius 2 is 2.20 bits per heavy atom. The number of carbonyl (C=O) groups is 1. The van der Waals surface area contributed by atoms with Crippen molar-refractivity contribution >= 4 is 28.8 Å². The number of hydrogen-bond acceptors (Lipinski definition) is 4. The molecule has 1 aromatic carbocycles. The molecule has 2 rings (SSSR count). The van der Waals surface area contributed by atoms with Crippen molar-refractivity contribution in [1.82, 2.24) is 9.88 Å². The molecule has 0 aliphatic heterocycles. The molecule has 20 heavy (non-hydrogen) atoms. The first kappa shape index (κ1) is 15.0. The monoisotopic (exact) mass is 309 g/mol. The quantitative estimate of drug-likeness (QED) is 0.923. The van der Waals surface area contributed by atoms with Crippen LogP contribution in [0.2, 0.25) is 5.02 Å². The molecule has 0 fully saturated rings. The summed E-state index contributed by atoms with van der Waals surface area (Å²) in [5, 5.41) is 3.33. The van der Waals surface area contributed by atoms with Gasteiger partial charge in [-0.3, -0.25) is 4.79 Å². The number of aromatic nitrogens is 1. The topological polar surface area (TPSA) is 59.2 Å². The number of amides is 1. The number of carbonyl (C=O) groups excluding carboxylic acids is 1. The highest BCUT2D eigenvalue weighted by Gasteiger charge is 2.16. The number of nitrogens with zero attached hydrogens (tertiary/aromatic N) is 2. The molecule has 0 unspecified atom stereocenters. The number of rotatable bonds is 5. The summed E-state index contributed by atoms with van der Waals surface area (Å²) in [7, 11) is 1.74. The second kappa shape index (κ2) is 6.83. The lowest BCUT2D eigenvalue weighted by Crippen LogP contribution is -2.26. The van der Waals surface area contributed by atoms with Crippen molar-refractivity contribution in [1.29, 1.82) is 0 Å². The van der Waals surface area contributed by atoms with Gasteiger partial charge in [0, 0.05) is 30.4 Å². The Balaban J connectivity index is 2.06. The SMILES string of the molecule is CN(Cc1ccccc1Cl)C(=O)c1csc(CCN)n1. The van der Waals surface area contributed by atoms with Gasteiger partial charge >= 0.3 is 0 Å². The second-order valence-corrected chi connectivity index (χ2v) is 5.77. The molecule has 0 radical (unpaired) electrons. The first-order valence-electron chi connectivity index (χ1n) is 6.25. The maximum absolute atomic E-state index is 12.3. The molecule has 0 saturated carbocycles. The van der Waals surface area contributed by atoms with Gasteiger partial charge in [-0.15, -0.1) is 11.3 Å². The highest BCUT2D eigenvalue weighted by atomic mass is 35.5. The van der Waals surface area contributed by atoms with Crippen LogP contribution in [0, 0.1) is 0 Å². The first-order valence-corrected chi connectivity index (χ1v) is 7.51. The smallest absolute Gasteiger partial charge is 0.273 e. The van der Waals surface area contributed by atoms with E-state index in [1.807, 2.05) is 24.3 Å². The van der Waals surface area contributed by atoms with Crippen LogP contribution in [0.25, 0.3) is 0 Å². The molecule has 1 amide bonds. The van der Waals surface area contributed by atoms with E-state index in [1.54, 1.807) is 17.3 Å². The van der Waals surface area contributed by atoms with Gasteiger partial charge in [0.1, 0.15) is 5.69 Å². The van der Waals surface area contributed by atoms with Gasteiger partial charge in [0.25, 0.3) is 5.91 Å². The van der Waals surface area contributed by atoms with Crippen molar-refractivity contribution in [3.8, 4) is 0 Å². The Bertz CT molecular complexity index is 600. The van der Waals surface area contributed by atoms with Crippen LogP contribution >= 0.6 is 22.9 Å². The van der Waals surface area contributed by atoms with E-state index in [0.29, 0.717) is 30.2 Å². The maximum atomic E-state index is 12.3. The molecular formula is C14H16ClN3OS. The highest BCUT2D eigenvalue weighted by Crippen LogP contribution is 2.18. The van der Waals surface area contributed by atoms with E-state index >= 15 is 0 Å². The molecule has 0 aliphatic rings. The molecule has 2 aromatic rings. The van der Waals surface area contributed by atoms with Crippen molar-refractivity contribution in [3.05, 3.63) is 50.9 Å². The van der Waals surface area contributed by atoms with Crippen LogP contribution in [0.5, 0.6) is 0 Å². The van der Waals surface area contributed by atoms with Gasteiger partial charge in [-0.1, -0.05) is 29.8 Å². The zero-order chi connectivity index (χ0) is 14.5. The third-order valence-electron chi connectivity index (χ3n) is 2.84. The van der Waals surface area contributed by atoms with Crippen molar-refractivity contribution < 1.29 is 4.79 Å². The number of benzene rings is 1. The summed E-state index contributed by atoms with van der Waals surface area (Å²) in [6.45, 7) is 0.999. The minimum absolute atomic E-state index is 0.107. The number of hydrogen-bond donors (Lipinski definition) is 1. The van der Waals surface area contributed by atoms with Crippen LogP contribution in [0.3, 0.4) is 0 Å². The average Bonchev–Trinajstić information content (AvgIpc) is 2.89. The van der Waals surface area contributed by atoms with E-state index in [2.05, 4.69) is 4.98 Å². The van der Waals surface area contributed by atoms with E-state index in [-0.39, 0.29) is 5.91 Å². The summed E-state index contributed by atoms with van der Waals surface area (Å²) in [6.07, 6.45) is 0.701. The molecule has 106 valence electrons. The molecule has 0 aliphatic carbocycles. The van der Waals surface area contributed by atoms with Crippen molar-refractivity contribution in [2.75, 3.05) is 13.6 Å². The van der Waals surface area contributed by atoms with Crippen LogP contribution in [-0.4, -0.2) is 29.4 Å². The zero-order valence-electron chi connectivity index (χ0n) is 11.2. The largest absolute Gasteiger partial charge is 0.336 e. The molecule has 0 saturated heterocycles. The Labute approximate surface area is 127 Å². The summed E-state index contributed by atoms with van der Waals surface area (Å²) in [4.78, 5) is 18.2. The Kier molecular flexibility index (Phi) is 5.11. The first-order chi connectivity index (χ1) is 9.61. The van der Waals surface area contributed by atoms with E-state index in [1.165, 1.54) is 11.3 Å². The highest BCUT2D eigenvalue weighted by molar-refractivity contribution is 7.09. The fraction of sp³-hybridized carbons (Fsp3) is 0.286. The predicted molar refractivity (Wildman–Crippen MR) is 82.1 cm³/mol. The van der Waals surface area contributed by atoms with Crippen LogP contribution in [0.15, 0.2) is 29.6 Å². The van der Waals surface area contributed by atoms with Gasteiger partial charge in [-0.2, -0.15) is 0 Å². The summed E-state index contributed by atoms with van der Waals surface area (Å²) in [6, 6.07) is 7.50. The normalized spacial score (nSPS) is 10.6. The van der Waals surface area contributed by atoms with Crippen LogP contribution in [0.1, 0.15) is 21.1 Å². The molecule has 0 bridgehead atoms. The lowest BCUT2D eigenvalue weighted by molar-refractivity contribution is 0.0780. The molecule has 4 nitrogen and oxygen atoms in total. The number of nitrogens with two attached hydrogens (primary N) is 1. The van der Waals surface area contributed by atoms with Gasteiger partial charge in [0.15, 0.2) is 0 Å². The third kappa shape index (κ3) is 3.56. The van der Waals surface area contributed by atoms with Gasteiger partial charge in [0.05, 0.1) is 5.01 Å². The standard InChI is InChI=1S/C14H16ClN3OS/c1-18(8-10-4-2-3-5-11(10)15)14(19)12-9-20-13(17-12)6-7-16/h2-5,9H,6-8,16H2,1H3. The van der Waals surface area contributed by atoms with Crippen LogP contribution < -0.4 is 5.73 Å². The van der Waals surface area contributed by atoms with Crippen LogP contribution in [-0.2, 0) is 13.0 Å². The number of thiazole rings is 1.